The molecule has 0 bridgehead atoms. The van der Waals surface area contributed by atoms with Crippen molar-refractivity contribution in [3.63, 3.8) is 0 Å². The van der Waals surface area contributed by atoms with Gasteiger partial charge in [0, 0.05) is 12.8 Å². The van der Waals surface area contributed by atoms with Crippen LogP contribution in [0.25, 0.3) is 0 Å². The van der Waals surface area contributed by atoms with E-state index in [4.69, 9.17) is 18.5 Å². The van der Waals surface area contributed by atoms with Crippen LogP contribution in [-0.4, -0.2) is 70.0 Å². The van der Waals surface area contributed by atoms with Crippen LogP contribution in [0.5, 0.6) is 0 Å². The monoisotopic (exact) mass is 1260 g/mol. The molecular weight excluding hydrogens is 1130 g/mol. The molecule has 10 heteroatoms. The molecule has 0 aromatic heterocycles. The van der Waals surface area contributed by atoms with E-state index in [1.54, 1.807) is 0 Å². The number of phosphoric ester groups is 1. The van der Waals surface area contributed by atoms with Gasteiger partial charge in [-0.1, -0.05) is 278 Å². The molecule has 0 amide bonds. The van der Waals surface area contributed by atoms with Gasteiger partial charge in [-0.25, -0.2) is 0 Å². The number of quaternary nitrogens is 1. The maximum Gasteiger partial charge on any atom is 0.306 e. The van der Waals surface area contributed by atoms with Gasteiger partial charge in [0.1, 0.15) is 19.8 Å². The van der Waals surface area contributed by atoms with Crippen molar-refractivity contribution in [3.8, 4) is 0 Å². The number of nitrogens with zero attached hydrogens (tertiary/aromatic N) is 1. The third kappa shape index (κ3) is 71.7. The Hall–Kier alpha value is -5.41. The number of hydrogen-bond donors (Lipinski definition) is 0. The largest absolute Gasteiger partial charge is 0.756 e. The molecule has 0 fully saturated rings. The summed E-state index contributed by atoms with van der Waals surface area (Å²) in [6, 6.07) is 0. The molecule has 0 aromatic carbocycles. The average Bonchev–Trinajstić information content (AvgIpc) is 3.58. The molecular formula is C80H126NO8P. The van der Waals surface area contributed by atoms with E-state index < -0.39 is 32.5 Å². The number of carbonyl (C=O) groups is 2. The summed E-state index contributed by atoms with van der Waals surface area (Å²) in [6.07, 6.45) is 107. The number of ether oxygens (including phenoxy) is 2. The summed E-state index contributed by atoms with van der Waals surface area (Å²) in [5.74, 6) is -0.882. The first-order chi connectivity index (χ1) is 44.0. The number of carbonyl (C=O) groups excluding carboxylic acids is 2. The van der Waals surface area contributed by atoms with Crippen molar-refractivity contribution in [1.29, 1.82) is 0 Å². The number of hydrogen-bond acceptors (Lipinski definition) is 8. The number of rotatable bonds is 61. The van der Waals surface area contributed by atoms with Crippen molar-refractivity contribution in [1.82, 2.24) is 0 Å². The zero-order chi connectivity index (χ0) is 65.5. The summed E-state index contributed by atoms with van der Waals surface area (Å²) in [5, 5.41) is 0. The van der Waals surface area contributed by atoms with Gasteiger partial charge in [0.05, 0.1) is 27.7 Å². The maximum absolute atomic E-state index is 12.9. The van der Waals surface area contributed by atoms with Crippen LogP contribution >= 0.6 is 7.82 Å². The van der Waals surface area contributed by atoms with E-state index in [1.165, 1.54) is 25.7 Å². The van der Waals surface area contributed by atoms with E-state index >= 15 is 0 Å². The number of unbranched alkanes of at least 4 members (excludes halogenated alkanes) is 13. The highest BCUT2D eigenvalue weighted by Gasteiger charge is 2.22. The number of phosphoric acid groups is 1. The molecule has 0 aliphatic heterocycles. The van der Waals surface area contributed by atoms with Gasteiger partial charge in [0.15, 0.2) is 6.10 Å². The minimum Gasteiger partial charge on any atom is -0.756 e. The quantitative estimate of drug-likeness (QED) is 0.0195. The Balaban J connectivity index is 4.20. The van der Waals surface area contributed by atoms with Gasteiger partial charge in [0.2, 0.25) is 0 Å². The average molecular weight is 1260 g/mol. The van der Waals surface area contributed by atoms with Crippen molar-refractivity contribution < 1.29 is 42.1 Å². The number of likely N-dealkylation sites (N-methyl/N-ethyl adjacent to an activating group) is 1. The fraction of sp³-hybridized carbons (Fsp3) is 0.550. The van der Waals surface area contributed by atoms with E-state index in [9.17, 15) is 19.0 Å². The topological polar surface area (TPSA) is 111 Å². The Kier molecular flexibility index (Phi) is 63.9. The highest BCUT2D eigenvalue weighted by atomic mass is 31.2. The fourth-order valence-electron chi connectivity index (χ4n) is 8.55. The third-order valence-electron chi connectivity index (χ3n) is 13.8. The summed E-state index contributed by atoms with van der Waals surface area (Å²) in [7, 11) is 1.12. The lowest BCUT2D eigenvalue weighted by Gasteiger charge is -2.28. The molecule has 0 rings (SSSR count). The second-order valence-corrected chi connectivity index (χ2v) is 24.8. The maximum atomic E-state index is 12.9. The van der Waals surface area contributed by atoms with Gasteiger partial charge >= 0.3 is 11.9 Å². The molecule has 504 valence electrons. The lowest BCUT2D eigenvalue weighted by Crippen LogP contribution is -2.37. The molecule has 90 heavy (non-hydrogen) atoms. The Morgan fingerprint density at radius 1 is 0.344 bits per heavy atom. The summed E-state index contributed by atoms with van der Waals surface area (Å²) in [5.41, 5.74) is 0. The molecule has 0 aliphatic rings. The van der Waals surface area contributed by atoms with Crippen LogP contribution in [0.2, 0.25) is 0 Å². The van der Waals surface area contributed by atoms with E-state index in [0.29, 0.717) is 23.9 Å². The van der Waals surface area contributed by atoms with Gasteiger partial charge in [-0.2, -0.15) is 0 Å². The minimum atomic E-state index is -4.67. The van der Waals surface area contributed by atoms with Gasteiger partial charge in [0.25, 0.3) is 7.82 Å². The molecule has 0 saturated heterocycles. The first kappa shape index (κ1) is 84.6. The second kappa shape index (κ2) is 68.0. The van der Waals surface area contributed by atoms with Crippen molar-refractivity contribution >= 4 is 19.8 Å². The fourth-order valence-corrected chi connectivity index (χ4v) is 9.27. The SMILES string of the molecule is CC/C=C\C/C=C\C/C=C\C/C=C\C/C=C\C/C=C\C/C=C\C/C=C\C/C=C\C/C=C\CCCCCCCCCCC(=O)OC(COC(=O)CCCCCCC/C=C\C/C=C\C/C=C\C/C=C\C/C=C\C/C=C\C/C=C\CC)COP(=O)([O-])OCC[N+](C)(C)C. The first-order valence-corrected chi connectivity index (χ1v) is 36.3. The second-order valence-electron chi connectivity index (χ2n) is 23.4. The van der Waals surface area contributed by atoms with E-state index in [1.807, 2.05) is 21.1 Å². The van der Waals surface area contributed by atoms with Gasteiger partial charge in [-0.3, -0.25) is 14.2 Å². The lowest BCUT2D eigenvalue weighted by molar-refractivity contribution is -0.870. The van der Waals surface area contributed by atoms with Gasteiger partial charge in [-0.15, -0.1) is 0 Å². The van der Waals surface area contributed by atoms with E-state index in [2.05, 4.69) is 220 Å². The predicted octanol–water partition coefficient (Wildman–Crippen LogP) is 22.4. The van der Waals surface area contributed by atoms with Crippen LogP contribution in [0.4, 0.5) is 0 Å². The van der Waals surface area contributed by atoms with Gasteiger partial charge in [-0.05, 0) is 148 Å². The summed E-state index contributed by atoms with van der Waals surface area (Å²) in [4.78, 5) is 38.1. The smallest absolute Gasteiger partial charge is 0.306 e. The molecule has 0 radical (unpaired) electrons. The molecule has 0 aliphatic carbocycles. The predicted molar refractivity (Wildman–Crippen MR) is 387 cm³/mol. The molecule has 2 unspecified atom stereocenters. The van der Waals surface area contributed by atoms with E-state index in [-0.39, 0.29) is 26.1 Å². The summed E-state index contributed by atoms with van der Waals surface area (Å²) < 4.78 is 34.2. The standard InChI is InChI=1S/C80H126NO8P/c1-6-8-10-12-14-16-18-20-22-24-26-28-30-32-34-35-36-37-38-39-40-41-42-43-44-45-47-49-51-53-55-57-59-61-63-65-67-69-71-73-80(83)89-78(77-88-90(84,85)87-75-74-81(3,4)5)76-86-79(82)72-70-68-66-64-62-60-58-56-54-52-50-48-46-33-31-29-27-25-23-21-19-17-15-13-11-9-7-2/h8-11,14-17,20-23,26-29,32-34,36-37,39-40,42-43,45-47,50-53,56,58,78H,6-7,12-13,18-19,24-25,30-31,35,38,41,44,48-49,54-55,57,59-77H2,1-5H3/b10-8-,11-9-,16-14-,17-15-,22-20-,23-21-,28-26-,29-27-,34-32-,37-36-,40-39-,43-42-,46-33-,47-45-,52-50-,53-51-,58-56-. The van der Waals surface area contributed by atoms with E-state index in [0.717, 1.165) is 167 Å². The zero-order valence-electron chi connectivity index (χ0n) is 57.2. The van der Waals surface area contributed by atoms with Crippen LogP contribution in [0.15, 0.2) is 207 Å². The summed E-state index contributed by atoms with van der Waals surface area (Å²) >= 11 is 0. The third-order valence-corrected chi connectivity index (χ3v) is 14.8. The van der Waals surface area contributed by atoms with Crippen molar-refractivity contribution in [2.24, 2.45) is 0 Å². The van der Waals surface area contributed by atoms with Crippen molar-refractivity contribution in [2.75, 3.05) is 47.5 Å². The number of esters is 2. The normalized spacial score (nSPS) is 14.4. The lowest BCUT2D eigenvalue weighted by atomic mass is 10.1. The van der Waals surface area contributed by atoms with Gasteiger partial charge < -0.3 is 27.9 Å². The Morgan fingerprint density at radius 3 is 0.889 bits per heavy atom. The molecule has 0 N–H and O–H groups in total. The minimum absolute atomic E-state index is 0.0480. The van der Waals surface area contributed by atoms with Crippen LogP contribution in [0.3, 0.4) is 0 Å². The first-order valence-electron chi connectivity index (χ1n) is 34.8. The highest BCUT2D eigenvalue weighted by molar-refractivity contribution is 7.45. The van der Waals surface area contributed by atoms with Crippen LogP contribution < -0.4 is 4.89 Å². The molecule has 0 heterocycles. The van der Waals surface area contributed by atoms with Crippen LogP contribution in [-0.2, 0) is 32.7 Å². The molecule has 0 spiro atoms. The molecule has 0 aromatic rings. The van der Waals surface area contributed by atoms with Crippen LogP contribution in [0, 0.1) is 0 Å². The van der Waals surface area contributed by atoms with Crippen molar-refractivity contribution in [3.05, 3.63) is 207 Å². The Labute approximate surface area is 551 Å². The highest BCUT2D eigenvalue weighted by Crippen LogP contribution is 2.38. The van der Waals surface area contributed by atoms with Crippen LogP contribution in [0.1, 0.15) is 232 Å². The Bertz CT molecular complexity index is 2270. The van der Waals surface area contributed by atoms with Crippen molar-refractivity contribution in [2.45, 2.75) is 238 Å². The number of allylic oxidation sites excluding steroid dienone is 34. The molecule has 2 atom stereocenters. The summed E-state index contributed by atoms with van der Waals surface area (Å²) in [6.45, 7) is 3.95. The molecule has 9 nitrogen and oxygen atoms in total. The molecule has 0 saturated carbocycles. The zero-order valence-corrected chi connectivity index (χ0v) is 58.1. The Morgan fingerprint density at radius 2 is 0.600 bits per heavy atom.